The van der Waals surface area contributed by atoms with Crippen molar-refractivity contribution < 1.29 is 23.8 Å². The van der Waals surface area contributed by atoms with Crippen LogP contribution in [0.5, 0.6) is 17.2 Å². The van der Waals surface area contributed by atoms with E-state index in [1.165, 1.54) is 11.8 Å². The number of aromatic nitrogens is 2. The fourth-order valence-electron chi connectivity index (χ4n) is 5.04. The number of halogens is 1. The lowest BCUT2D eigenvalue weighted by atomic mass is 9.99. The van der Waals surface area contributed by atoms with Crippen LogP contribution in [-0.2, 0) is 9.59 Å². The van der Waals surface area contributed by atoms with Crippen LogP contribution >= 0.6 is 23.4 Å². The van der Waals surface area contributed by atoms with E-state index in [-0.39, 0.29) is 35.3 Å². The van der Waals surface area contributed by atoms with Crippen molar-refractivity contribution in [2.45, 2.75) is 19.1 Å². The molecule has 0 bridgehead atoms. The number of methoxy groups -OCH3 is 3. The minimum atomic E-state index is -0.338. The molecule has 11 heteroatoms. The van der Waals surface area contributed by atoms with Crippen molar-refractivity contribution in [1.82, 2.24) is 15.1 Å². The summed E-state index contributed by atoms with van der Waals surface area (Å²) in [7, 11) is 4.79. The van der Waals surface area contributed by atoms with E-state index in [1.54, 1.807) is 30.9 Å². The van der Waals surface area contributed by atoms with E-state index in [2.05, 4.69) is 5.32 Å². The lowest BCUT2D eigenvalue weighted by molar-refractivity contribution is -0.123. The Morgan fingerprint density at radius 3 is 2.34 bits per heavy atom. The summed E-state index contributed by atoms with van der Waals surface area (Å²) < 4.78 is 18.3. The largest absolute Gasteiger partial charge is 0.497 e. The maximum Gasteiger partial charge on any atom is 0.240 e. The molecule has 44 heavy (non-hydrogen) atoms. The summed E-state index contributed by atoms with van der Waals surface area (Å²) in [5.41, 5.74) is 3.89. The quantitative estimate of drug-likeness (QED) is 0.223. The number of fused-ring (bicyclic) bond motifs is 1. The van der Waals surface area contributed by atoms with Crippen LogP contribution in [0.15, 0.2) is 66.7 Å². The molecule has 3 aromatic carbocycles. The number of hydrogen-bond donors (Lipinski definition) is 1. The second kappa shape index (κ2) is 13.7. The molecule has 0 saturated carbocycles. The molecule has 1 atom stereocenters. The van der Waals surface area contributed by atoms with Gasteiger partial charge in [-0.3, -0.25) is 14.5 Å². The van der Waals surface area contributed by atoms with Gasteiger partial charge in [-0.15, -0.1) is 11.8 Å². The van der Waals surface area contributed by atoms with Crippen LogP contribution in [0.1, 0.15) is 30.2 Å². The molecule has 1 aromatic heterocycles. The van der Waals surface area contributed by atoms with E-state index in [0.29, 0.717) is 46.0 Å². The second-order valence-corrected chi connectivity index (χ2v) is 12.2. The van der Waals surface area contributed by atoms with Crippen LogP contribution in [0, 0.1) is 5.92 Å². The van der Waals surface area contributed by atoms with Gasteiger partial charge in [0.1, 0.15) is 18.1 Å². The first-order valence-corrected chi connectivity index (χ1v) is 15.6. The molecule has 0 saturated heterocycles. The highest BCUT2D eigenvalue weighted by Gasteiger charge is 2.38. The summed E-state index contributed by atoms with van der Waals surface area (Å²) in [6.45, 7) is 4.40. The van der Waals surface area contributed by atoms with Gasteiger partial charge in [-0.1, -0.05) is 43.6 Å². The molecular weight excluding hydrogens is 600 g/mol. The molecule has 9 nitrogen and oxygen atoms in total. The molecule has 0 radical (unpaired) electrons. The number of amides is 2. The van der Waals surface area contributed by atoms with E-state index in [4.69, 9.17) is 30.9 Å². The fraction of sp³-hybridized carbons (Fsp3) is 0.303. The standard InChI is InChI=1S/C33H35ClN4O5S/c1-20(2)17-35-28(39)18-37-29(40)19-44-32(22-8-15-26(42-4)27(16-22)43-5)30-31(21-6-9-23(34)10-7-21)36-38(33(30)37)24-11-13-25(41-3)14-12-24/h6-16,20,32H,17-19H2,1-5H3,(H,35,39)/t32-/m1/s1. The molecule has 230 valence electrons. The number of hydrogen-bond acceptors (Lipinski definition) is 7. The molecule has 1 aliphatic rings. The van der Waals surface area contributed by atoms with E-state index in [1.807, 2.05) is 80.6 Å². The highest BCUT2D eigenvalue weighted by Crippen LogP contribution is 2.49. The van der Waals surface area contributed by atoms with Crippen molar-refractivity contribution in [3.8, 4) is 34.2 Å². The Kier molecular flexibility index (Phi) is 9.71. The van der Waals surface area contributed by atoms with Gasteiger partial charge < -0.3 is 19.5 Å². The Morgan fingerprint density at radius 1 is 1.00 bits per heavy atom. The Labute approximate surface area is 266 Å². The zero-order valence-electron chi connectivity index (χ0n) is 25.3. The van der Waals surface area contributed by atoms with Crippen molar-refractivity contribution in [3.63, 3.8) is 0 Å². The molecule has 2 amide bonds. The van der Waals surface area contributed by atoms with Crippen molar-refractivity contribution in [1.29, 1.82) is 0 Å². The van der Waals surface area contributed by atoms with Crippen molar-refractivity contribution in [2.75, 3.05) is 45.1 Å². The van der Waals surface area contributed by atoms with Crippen molar-refractivity contribution >= 4 is 41.0 Å². The second-order valence-electron chi connectivity index (χ2n) is 10.7. The van der Waals surface area contributed by atoms with E-state index in [9.17, 15) is 9.59 Å². The van der Waals surface area contributed by atoms with E-state index in [0.717, 1.165) is 16.7 Å². The summed E-state index contributed by atoms with van der Waals surface area (Å²) in [4.78, 5) is 28.7. The molecule has 4 aromatic rings. The van der Waals surface area contributed by atoms with Gasteiger partial charge in [0.2, 0.25) is 11.8 Å². The SMILES string of the molecule is COc1ccc(-n2nc(-c3ccc(Cl)cc3)c3c2N(CC(=O)NCC(C)C)C(=O)CS[C@@H]3c2ccc(OC)c(OC)c2)cc1. The van der Waals surface area contributed by atoms with Crippen LogP contribution in [0.4, 0.5) is 5.82 Å². The predicted octanol–water partition coefficient (Wildman–Crippen LogP) is 6.16. The monoisotopic (exact) mass is 634 g/mol. The molecule has 0 fully saturated rings. The number of anilines is 1. The lowest BCUT2D eigenvalue weighted by Crippen LogP contribution is -2.43. The van der Waals surface area contributed by atoms with Gasteiger partial charge in [-0.05, 0) is 60.0 Å². The fourth-order valence-corrected chi connectivity index (χ4v) is 6.35. The van der Waals surface area contributed by atoms with Gasteiger partial charge >= 0.3 is 0 Å². The zero-order valence-corrected chi connectivity index (χ0v) is 26.9. The molecular formula is C33H35ClN4O5S. The summed E-state index contributed by atoms with van der Waals surface area (Å²) in [6.07, 6.45) is 0. The van der Waals surface area contributed by atoms with Gasteiger partial charge in [0.15, 0.2) is 11.5 Å². The Morgan fingerprint density at radius 2 is 1.70 bits per heavy atom. The first-order valence-electron chi connectivity index (χ1n) is 14.2. The molecule has 0 unspecified atom stereocenters. The number of carbonyl (C=O) groups is 2. The summed E-state index contributed by atoms with van der Waals surface area (Å²) in [5, 5.41) is 8.33. The van der Waals surface area contributed by atoms with Crippen LogP contribution in [0.25, 0.3) is 16.9 Å². The number of benzene rings is 3. The molecule has 1 N–H and O–H groups in total. The first-order chi connectivity index (χ1) is 21.2. The Balaban J connectivity index is 1.78. The maximum absolute atomic E-state index is 13.9. The molecule has 2 heterocycles. The maximum atomic E-state index is 13.9. The summed E-state index contributed by atoms with van der Waals surface area (Å²) in [5.74, 6) is 2.34. The van der Waals surface area contributed by atoms with Crippen LogP contribution in [0.3, 0.4) is 0 Å². The van der Waals surface area contributed by atoms with Gasteiger partial charge in [0, 0.05) is 22.7 Å². The van der Waals surface area contributed by atoms with Gasteiger partial charge in [-0.2, -0.15) is 5.10 Å². The Bertz CT molecular complexity index is 1640. The normalized spacial score (nSPS) is 14.7. The van der Waals surface area contributed by atoms with E-state index < -0.39 is 0 Å². The molecule has 5 rings (SSSR count). The summed E-state index contributed by atoms with van der Waals surface area (Å²) in [6, 6.07) is 20.6. The minimum absolute atomic E-state index is 0.147. The summed E-state index contributed by atoms with van der Waals surface area (Å²) >= 11 is 7.75. The molecule has 0 aliphatic carbocycles. The van der Waals surface area contributed by atoms with Gasteiger partial charge in [0.05, 0.1) is 43.7 Å². The first kappa shape index (κ1) is 31.3. The third-order valence-corrected chi connectivity index (χ3v) is 8.75. The van der Waals surface area contributed by atoms with Crippen LogP contribution in [-0.4, -0.2) is 61.8 Å². The van der Waals surface area contributed by atoms with Crippen molar-refractivity contribution in [2.24, 2.45) is 5.92 Å². The number of carbonyl (C=O) groups excluding carboxylic acids is 2. The van der Waals surface area contributed by atoms with Crippen LogP contribution < -0.4 is 24.4 Å². The van der Waals surface area contributed by atoms with E-state index >= 15 is 0 Å². The zero-order chi connectivity index (χ0) is 31.4. The van der Waals surface area contributed by atoms with Crippen molar-refractivity contribution in [3.05, 3.63) is 82.9 Å². The highest BCUT2D eigenvalue weighted by molar-refractivity contribution is 8.00. The third kappa shape index (κ3) is 6.51. The minimum Gasteiger partial charge on any atom is -0.497 e. The number of nitrogens with one attached hydrogen (secondary N) is 1. The molecule has 0 spiro atoms. The lowest BCUT2D eigenvalue weighted by Gasteiger charge is -2.23. The highest BCUT2D eigenvalue weighted by atomic mass is 35.5. The van der Waals surface area contributed by atoms with Gasteiger partial charge in [-0.25, -0.2) is 4.68 Å². The average Bonchev–Trinajstić information content (AvgIpc) is 3.36. The Hall–Kier alpha value is -4.15. The van der Waals surface area contributed by atoms with Crippen LogP contribution in [0.2, 0.25) is 5.02 Å². The number of thioether (sulfide) groups is 1. The molecule has 1 aliphatic heterocycles. The number of ether oxygens (including phenoxy) is 3. The number of nitrogens with zero attached hydrogens (tertiary/aromatic N) is 3. The van der Waals surface area contributed by atoms with Gasteiger partial charge in [0.25, 0.3) is 0 Å². The smallest absolute Gasteiger partial charge is 0.240 e. The topological polar surface area (TPSA) is 94.9 Å². The number of rotatable bonds is 10. The third-order valence-electron chi connectivity index (χ3n) is 7.24. The predicted molar refractivity (Wildman–Crippen MR) is 175 cm³/mol. The average molecular weight is 635 g/mol.